The number of hydrogen-bond acceptors (Lipinski definition) is 2. The predicted molar refractivity (Wildman–Crippen MR) is 72.5 cm³/mol. The first-order valence-electron chi connectivity index (χ1n) is 6.78. The lowest BCUT2D eigenvalue weighted by molar-refractivity contribution is -0.137. The summed E-state index contributed by atoms with van der Waals surface area (Å²) in [6.07, 6.45) is 0.0420. The largest absolute Gasteiger partial charge is 0.480 e. The van der Waals surface area contributed by atoms with Gasteiger partial charge in [-0.25, -0.2) is 0 Å². The fourth-order valence-corrected chi connectivity index (χ4v) is 2.81. The third-order valence-corrected chi connectivity index (χ3v) is 4.13. The molecule has 0 bridgehead atoms. The van der Waals surface area contributed by atoms with Crippen molar-refractivity contribution in [3.8, 4) is 0 Å². The topological polar surface area (TPSA) is 37.3 Å². The Kier molecular flexibility index (Phi) is 10.2. The van der Waals surface area contributed by atoms with E-state index >= 15 is 0 Å². The molecule has 1 N–H and O–H groups in total. The van der Waals surface area contributed by atoms with Gasteiger partial charge in [0.2, 0.25) is 0 Å². The van der Waals surface area contributed by atoms with Crippen LogP contribution in [0.15, 0.2) is 0 Å². The number of rotatable bonds is 11. The Morgan fingerprint density at radius 3 is 2.32 bits per heavy atom. The highest BCUT2D eigenvalue weighted by Gasteiger charge is 2.25. The fourth-order valence-electron chi connectivity index (χ4n) is 1.67. The monoisotopic (exact) mass is 300 g/mol. The minimum absolute atomic E-state index is 0.173. The molecule has 2 nitrogen and oxygen atoms in total. The molecule has 0 saturated carbocycles. The molecule has 0 aliphatic heterocycles. The third-order valence-electron chi connectivity index (χ3n) is 2.77. The van der Waals surface area contributed by atoms with Crippen molar-refractivity contribution in [2.45, 2.75) is 69.7 Å². The maximum absolute atomic E-state index is 11.9. The number of unbranched alkanes of at least 4 members (excludes halogenated alkanes) is 4. The summed E-state index contributed by atoms with van der Waals surface area (Å²) in [4.78, 5) is 10.9. The van der Waals surface area contributed by atoms with Gasteiger partial charge in [0.05, 0.1) is 0 Å². The summed E-state index contributed by atoms with van der Waals surface area (Å²) >= 11 is 1.41. The Labute approximate surface area is 117 Å². The first-order valence-corrected chi connectivity index (χ1v) is 7.83. The van der Waals surface area contributed by atoms with Gasteiger partial charge >= 0.3 is 12.1 Å². The number of carbonyl (C=O) groups is 1. The second-order valence-corrected chi connectivity index (χ2v) is 5.93. The summed E-state index contributed by atoms with van der Waals surface area (Å²) in [6.45, 7) is 2.02. The molecule has 0 radical (unpaired) electrons. The second kappa shape index (κ2) is 10.4. The van der Waals surface area contributed by atoms with Gasteiger partial charge in [0.1, 0.15) is 5.25 Å². The van der Waals surface area contributed by atoms with Crippen molar-refractivity contribution >= 4 is 17.7 Å². The summed E-state index contributed by atoms with van der Waals surface area (Å²) in [5.74, 6) is -0.0669. The number of aliphatic carboxylic acids is 1. The van der Waals surface area contributed by atoms with Crippen molar-refractivity contribution in [1.82, 2.24) is 0 Å². The highest BCUT2D eigenvalue weighted by molar-refractivity contribution is 8.00. The van der Waals surface area contributed by atoms with Crippen molar-refractivity contribution in [2.75, 3.05) is 5.75 Å². The molecule has 0 heterocycles. The molecule has 0 spiro atoms. The Bertz CT molecular complexity index is 245. The molecule has 0 aliphatic carbocycles. The molecule has 0 fully saturated rings. The van der Waals surface area contributed by atoms with Gasteiger partial charge < -0.3 is 5.11 Å². The molecule has 0 saturated heterocycles. The van der Waals surface area contributed by atoms with E-state index in [1.807, 2.05) is 6.92 Å². The van der Waals surface area contributed by atoms with Crippen molar-refractivity contribution in [3.05, 3.63) is 0 Å². The lowest BCUT2D eigenvalue weighted by atomic mass is 10.1. The second-order valence-electron chi connectivity index (χ2n) is 4.62. The van der Waals surface area contributed by atoms with Gasteiger partial charge in [0.25, 0.3) is 0 Å². The SMILES string of the molecule is CCCCC(SCCCCCCC(F)(F)F)C(=O)O. The van der Waals surface area contributed by atoms with Crippen LogP contribution in [0.1, 0.15) is 58.3 Å². The number of carboxylic acid groups (broad SMARTS) is 1. The zero-order valence-electron chi connectivity index (χ0n) is 11.3. The van der Waals surface area contributed by atoms with Crippen LogP contribution in [0.5, 0.6) is 0 Å². The molecule has 6 heteroatoms. The lowest BCUT2D eigenvalue weighted by Crippen LogP contribution is -2.16. The molecule has 0 aromatic carbocycles. The van der Waals surface area contributed by atoms with E-state index in [1.165, 1.54) is 11.8 Å². The standard InChI is InChI=1S/C13H23F3O2S/c1-2-3-8-11(12(17)18)19-10-7-5-4-6-9-13(14,15)16/h11H,2-10H2,1H3,(H,17,18). The van der Waals surface area contributed by atoms with Crippen LogP contribution >= 0.6 is 11.8 Å². The number of thioether (sulfide) groups is 1. The number of alkyl halides is 3. The van der Waals surface area contributed by atoms with E-state index in [-0.39, 0.29) is 11.7 Å². The van der Waals surface area contributed by atoms with Gasteiger partial charge in [0, 0.05) is 6.42 Å². The maximum Gasteiger partial charge on any atom is 0.389 e. The molecule has 19 heavy (non-hydrogen) atoms. The van der Waals surface area contributed by atoms with Crippen LogP contribution in [0, 0.1) is 0 Å². The summed E-state index contributed by atoms with van der Waals surface area (Å²) in [5, 5.41) is 8.62. The highest BCUT2D eigenvalue weighted by Crippen LogP contribution is 2.24. The summed E-state index contributed by atoms with van der Waals surface area (Å²) in [6, 6.07) is 0. The smallest absolute Gasteiger partial charge is 0.389 e. The van der Waals surface area contributed by atoms with E-state index in [0.717, 1.165) is 25.7 Å². The van der Waals surface area contributed by atoms with Gasteiger partial charge in [-0.3, -0.25) is 4.79 Å². The number of halogens is 3. The molecule has 1 atom stereocenters. The average Bonchev–Trinajstić information content (AvgIpc) is 2.29. The predicted octanol–water partition coefficient (Wildman–Crippen LogP) is 4.88. The van der Waals surface area contributed by atoms with Crippen molar-refractivity contribution in [2.24, 2.45) is 0 Å². The average molecular weight is 300 g/mol. The molecule has 0 rings (SSSR count). The van der Waals surface area contributed by atoms with Gasteiger partial charge in [-0.1, -0.05) is 32.6 Å². The minimum Gasteiger partial charge on any atom is -0.480 e. The quantitative estimate of drug-likeness (QED) is 0.553. The molecule has 0 aliphatic rings. The van der Waals surface area contributed by atoms with Crippen LogP contribution < -0.4 is 0 Å². The van der Waals surface area contributed by atoms with E-state index in [1.54, 1.807) is 0 Å². The van der Waals surface area contributed by atoms with E-state index in [2.05, 4.69) is 0 Å². The van der Waals surface area contributed by atoms with Crippen molar-refractivity contribution in [3.63, 3.8) is 0 Å². The van der Waals surface area contributed by atoms with Gasteiger partial charge in [-0.15, -0.1) is 11.8 Å². The zero-order valence-corrected chi connectivity index (χ0v) is 12.2. The lowest BCUT2D eigenvalue weighted by Gasteiger charge is -2.11. The van der Waals surface area contributed by atoms with E-state index in [9.17, 15) is 18.0 Å². The summed E-state index contributed by atoms with van der Waals surface area (Å²) in [5.41, 5.74) is 0. The molecular formula is C13H23F3O2S. The molecular weight excluding hydrogens is 277 g/mol. The number of carboxylic acids is 1. The maximum atomic E-state index is 11.9. The Morgan fingerprint density at radius 1 is 1.16 bits per heavy atom. The van der Waals surface area contributed by atoms with E-state index in [0.29, 0.717) is 18.6 Å². The fraction of sp³-hybridized carbons (Fsp3) is 0.923. The Morgan fingerprint density at radius 2 is 1.79 bits per heavy atom. The van der Waals surface area contributed by atoms with E-state index < -0.39 is 18.6 Å². The molecule has 1 unspecified atom stereocenters. The normalized spacial score (nSPS) is 13.5. The number of hydrogen-bond donors (Lipinski definition) is 1. The molecule has 114 valence electrons. The zero-order chi connectivity index (χ0) is 14.7. The molecule has 0 aromatic rings. The first kappa shape index (κ1) is 18.6. The van der Waals surface area contributed by atoms with Crippen LogP contribution in [0.4, 0.5) is 13.2 Å². The van der Waals surface area contributed by atoms with Crippen LogP contribution in [0.25, 0.3) is 0 Å². The van der Waals surface area contributed by atoms with Gasteiger partial charge in [-0.05, 0) is 25.0 Å². The van der Waals surface area contributed by atoms with Gasteiger partial charge in [-0.2, -0.15) is 13.2 Å². The van der Waals surface area contributed by atoms with E-state index in [4.69, 9.17) is 5.11 Å². The molecule has 0 aromatic heterocycles. The van der Waals surface area contributed by atoms with Crippen LogP contribution in [-0.4, -0.2) is 28.3 Å². The van der Waals surface area contributed by atoms with Crippen LogP contribution in [-0.2, 0) is 4.79 Å². The highest BCUT2D eigenvalue weighted by atomic mass is 32.2. The Balaban J connectivity index is 3.52. The molecule has 0 amide bonds. The van der Waals surface area contributed by atoms with Crippen molar-refractivity contribution < 1.29 is 23.1 Å². The summed E-state index contributed by atoms with van der Waals surface area (Å²) in [7, 11) is 0. The third kappa shape index (κ3) is 12.4. The minimum atomic E-state index is -4.05. The van der Waals surface area contributed by atoms with Crippen LogP contribution in [0.3, 0.4) is 0 Å². The van der Waals surface area contributed by atoms with Crippen molar-refractivity contribution in [1.29, 1.82) is 0 Å². The summed E-state index contributed by atoms with van der Waals surface area (Å²) < 4.78 is 35.6. The first-order chi connectivity index (χ1) is 8.87. The van der Waals surface area contributed by atoms with Gasteiger partial charge in [0.15, 0.2) is 0 Å². The van der Waals surface area contributed by atoms with Crippen LogP contribution in [0.2, 0.25) is 0 Å². The Hall–Kier alpha value is -0.390.